The van der Waals surface area contributed by atoms with Gasteiger partial charge in [0.1, 0.15) is 16.4 Å². The summed E-state index contributed by atoms with van der Waals surface area (Å²) >= 11 is 1.06. The maximum atomic E-state index is 13.7. The molecule has 0 saturated heterocycles. The maximum absolute atomic E-state index is 13.7. The molecule has 0 unspecified atom stereocenters. The highest BCUT2D eigenvalue weighted by molar-refractivity contribution is 7.19. The molecule has 0 atom stereocenters. The number of hydrogen-bond acceptors (Lipinski definition) is 6. The van der Waals surface area contributed by atoms with Crippen molar-refractivity contribution in [2.75, 3.05) is 23.3 Å². The third-order valence-electron chi connectivity index (χ3n) is 5.82. The summed E-state index contributed by atoms with van der Waals surface area (Å²) in [6.45, 7) is 12.1. The van der Waals surface area contributed by atoms with Crippen LogP contribution in [0.25, 0.3) is 0 Å². The van der Waals surface area contributed by atoms with Crippen LogP contribution in [-0.4, -0.2) is 41.7 Å². The second kappa shape index (κ2) is 14.8. The lowest BCUT2D eigenvalue weighted by Crippen LogP contribution is -2.31. The largest absolute Gasteiger partial charge is 0.508 e. The van der Waals surface area contributed by atoms with Crippen molar-refractivity contribution in [1.29, 1.82) is 0 Å². The van der Waals surface area contributed by atoms with Crippen LogP contribution >= 0.6 is 11.3 Å². The molecule has 38 heavy (non-hydrogen) atoms. The number of urea groups is 1. The Morgan fingerprint density at radius 2 is 1.71 bits per heavy atom. The number of esters is 1. The van der Waals surface area contributed by atoms with E-state index in [0.717, 1.165) is 30.6 Å². The smallest absolute Gasteiger partial charge is 0.341 e. The first kappa shape index (κ1) is 31.1. The van der Waals surface area contributed by atoms with E-state index in [4.69, 9.17) is 4.74 Å². The summed E-state index contributed by atoms with van der Waals surface area (Å²) in [5.41, 5.74) is 0.426. The fourth-order valence-electron chi connectivity index (χ4n) is 3.99. The molecule has 0 aliphatic heterocycles. The summed E-state index contributed by atoms with van der Waals surface area (Å²) in [7, 11) is 0. The fraction of sp³-hybridized carbons (Fsp3) is 0.552. The highest BCUT2D eigenvalue weighted by Gasteiger charge is 2.31. The molecule has 0 fully saturated rings. The number of carbonyl (C=O) groups is 3. The van der Waals surface area contributed by atoms with Gasteiger partial charge < -0.3 is 20.1 Å². The van der Waals surface area contributed by atoms with Gasteiger partial charge in [0.05, 0.1) is 10.4 Å². The zero-order valence-corrected chi connectivity index (χ0v) is 24.4. The van der Waals surface area contributed by atoms with Gasteiger partial charge in [0.25, 0.3) is 5.91 Å². The van der Waals surface area contributed by atoms with Crippen LogP contribution in [0.3, 0.4) is 0 Å². The van der Waals surface area contributed by atoms with Crippen molar-refractivity contribution in [2.24, 2.45) is 0 Å². The summed E-state index contributed by atoms with van der Waals surface area (Å²) in [6, 6.07) is 6.07. The van der Waals surface area contributed by atoms with Gasteiger partial charge in [-0.2, -0.15) is 0 Å². The Morgan fingerprint density at radius 3 is 2.34 bits per heavy atom. The van der Waals surface area contributed by atoms with E-state index >= 15 is 0 Å². The topological polar surface area (TPSA) is 108 Å². The lowest BCUT2D eigenvalue weighted by molar-refractivity contribution is 0.00705. The van der Waals surface area contributed by atoms with Gasteiger partial charge in [-0.15, -0.1) is 11.3 Å². The van der Waals surface area contributed by atoms with Gasteiger partial charge in [0, 0.05) is 24.8 Å². The zero-order chi connectivity index (χ0) is 28.3. The summed E-state index contributed by atoms with van der Waals surface area (Å²) in [4.78, 5) is 41.5. The van der Waals surface area contributed by atoms with Crippen LogP contribution in [0.1, 0.15) is 105 Å². The Bertz CT molecular complexity index is 1090. The number of nitrogens with one attached hydrogen (secondary N) is 2. The number of nitrogens with zero attached hydrogens (tertiary/aromatic N) is 1. The summed E-state index contributed by atoms with van der Waals surface area (Å²) in [5.74, 6) is -0.862. The predicted molar refractivity (Wildman–Crippen MR) is 155 cm³/mol. The lowest BCUT2D eigenvalue weighted by atomic mass is 10.1. The molecule has 0 bridgehead atoms. The molecule has 9 heteroatoms. The third kappa shape index (κ3) is 9.35. The summed E-state index contributed by atoms with van der Waals surface area (Å²) in [5, 5.41) is 15.9. The number of phenols is 1. The van der Waals surface area contributed by atoms with Crippen molar-refractivity contribution in [3.8, 4) is 5.75 Å². The van der Waals surface area contributed by atoms with Gasteiger partial charge in [-0.3, -0.25) is 10.1 Å². The van der Waals surface area contributed by atoms with Crippen LogP contribution in [-0.2, 0) is 4.74 Å². The molecule has 0 aliphatic carbocycles. The molecule has 0 radical (unpaired) electrons. The maximum Gasteiger partial charge on any atom is 0.341 e. The molecular weight excluding hydrogens is 502 g/mol. The van der Waals surface area contributed by atoms with Crippen molar-refractivity contribution in [3.63, 3.8) is 0 Å². The number of hydrogen-bond donors (Lipinski definition) is 3. The number of benzene rings is 1. The first-order valence-electron chi connectivity index (χ1n) is 13.5. The summed E-state index contributed by atoms with van der Waals surface area (Å²) in [6.07, 6.45) is 7.36. The molecule has 8 nitrogen and oxygen atoms in total. The number of aromatic hydroxyl groups is 1. The molecule has 2 rings (SSSR count). The second-order valence-electron chi connectivity index (χ2n) is 10.4. The lowest BCUT2D eigenvalue weighted by Gasteiger charge is -2.22. The van der Waals surface area contributed by atoms with E-state index in [1.807, 2.05) is 6.92 Å². The van der Waals surface area contributed by atoms with Gasteiger partial charge in [-0.25, -0.2) is 9.59 Å². The SMILES string of the molecule is CCCCCCCCNC(=O)Nc1sc(C(=O)N(CCC)c2cccc(O)c2)c(C)c1C(=O)OC(C)(C)C. The molecule has 2 aromatic rings. The Hall–Kier alpha value is -3.07. The monoisotopic (exact) mass is 545 g/mol. The van der Waals surface area contributed by atoms with Gasteiger partial charge in [0.15, 0.2) is 0 Å². The quantitative estimate of drug-likeness (QED) is 0.181. The second-order valence-corrected chi connectivity index (χ2v) is 11.4. The van der Waals surface area contributed by atoms with Crippen LogP contribution in [0.4, 0.5) is 15.5 Å². The van der Waals surface area contributed by atoms with Crippen LogP contribution in [0.15, 0.2) is 24.3 Å². The van der Waals surface area contributed by atoms with Crippen molar-refractivity contribution >= 4 is 39.9 Å². The molecule has 1 aromatic heterocycles. The highest BCUT2D eigenvalue weighted by Crippen LogP contribution is 2.36. The molecule has 3 N–H and O–H groups in total. The van der Waals surface area contributed by atoms with Crippen molar-refractivity contribution in [1.82, 2.24) is 5.32 Å². The number of phenolic OH excluding ortho intramolecular Hbond substituents is 1. The van der Waals surface area contributed by atoms with Crippen molar-refractivity contribution in [2.45, 2.75) is 92.1 Å². The van der Waals surface area contributed by atoms with Crippen LogP contribution in [0, 0.1) is 6.92 Å². The molecule has 0 saturated carbocycles. The van der Waals surface area contributed by atoms with E-state index in [9.17, 15) is 19.5 Å². The Morgan fingerprint density at radius 1 is 1.03 bits per heavy atom. The Kier molecular flexibility index (Phi) is 12.1. The Labute approximate surface area is 230 Å². The van der Waals surface area contributed by atoms with Crippen LogP contribution in [0.5, 0.6) is 5.75 Å². The number of rotatable bonds is 13. The van der Waals surface area contributed by atoms with Crippen molar-refractivity contribution < 1.29 is 24.2 Å². The molecule has 3 amide bonds. The van der Waals surface area contributed by atoms with Gasteiger partial charge in [-0.1, -0.05) is 52.0 Å². The minimum Gasteiger partial charge on any atom is -0.508 e. The van der Waals surface area contributed by atoms with Crippen LogP contribution in [0.2, 0.25) is 0 Å². The van der Waals surface area contributed by atoms with Gasteiger partial charge in [0.2, 0.25) is 0 Å². The molecule has 210 valence electrons. The molecule has 0 aliphatic rings. The number of unbranched alkanes of at least 4 members (excludes halogenated alkanes) is 5. The van der Waals surface area contributed by atoms with E-state index in [0.29, 0.717) is 35.6 Å². The number of amides is 3. The molecule has 0 spiro atoms. The van der Waals surface area contributed by atoms with E-state index in [-0.39, 0.29) is 22.2 Å². The number of anilines is 2. The minimum atomic E-state index is -0.747. The summed E-state index contributed by atoms with van der Waals surface area (Å²) < 4.78 is 5.61. The molecule has 1 aromatic carbocycles. The van der Waals surface area contributed by atoms with E-state index in [1.54, 1.807) is 50.8 Å². The van der Waals surface area contributed by atoms with E-state index in [1.165, 1.54) is 25.3 Å². The standard InChI is InChI=1S/C29H43N3O5S/c1-7-9-10-11-12-13-17-30-28(36)31-25-23(27(35)37-29(4,5)6)20(3)24(38-25)26(34)32(18-8-2)21-15-14-16-22(33)19-21/h14-16,19,33H,7-13,17-18H2,1-6H3,(H2,30,31,36). The Balaban J connectivity index is 2.30. The van der Waals surface area contributed by atoms with E-state index < -0.39 is 17.6 Å². The van der Waals surface area contributed by atoms with Gasteiger partial charge >= 0.3 is 12.0 Å². The first-order valence-corrected chi connectivity index (χ1v) is 14.3. The van der Waals surface area contributed by atoms with Crippen LogP contribution < -0.4 is 15.5 Å². The number of ether oxygens (including phenoxy) is 1. The highest BCUT2D eigenvalue weighted by atomic mass is 32.1. The molecule has 1 heterocycles. The zero-order valence-electron chi connectivity index (χ0n) is 23.6. The van der Waals surface area contributed by atoms with E-state index in [2.05, 4.69) is 17.6 Å². The average molecular weight is 546 g/mol. The number of carbonyl (C=O) groups excluding carboxylic acids is 3. The average Bonchev–Trinajstić information content (AvgIpc) is 3.16. The van der Waals surface area contributed by atoms with Gasteiger partial charge in [-0.05, 0) is 58.2 Å². The van der Waals surface area contributed by atoms with Crippen molar-refractivity contribution in [3.05, 3.63) is 40.3 Å². The minimum absolute atomic E-state index is 0.0538. The first-order chi connectivity index (χ1) is 18.0. The predicted octanol–water partition coefficient (Wildman–Crippen LogP) is 7.26. The third-order valence-corrected chi connectivity index (χ3v) is 7.02. The normalized spacial score (nSPS) is 11.2. The fourth-order valence-corrected chi connectivity index (χ4v) is 5.13. The number of thiophene rings is 1. The molecular formula is C29H43N3O5S.